The summed E-state index contributed by atoms with van der Waals surface area (Å²) in [7, 11) is 1.57. The molecule has 17 heavy (non-hydrogen) atoms. The van der Waals surface area contributed by atoms with E-state index in [0.717, 1.165) is 12.8 Å². The summed E-state index contributed by atoms with van der Waals surface area (Å²) in [6, 6.07) is 0. The van der Waals surface area contributed by atoms with Gasteiger partial charge < -0.3 is 14.5 Å². The molecule has 6 nitrogen and oxygen atoms in total. The molecule has 1 saturated heterocycles. The lowest BCUT2D eigenvalue weighted by molar-refractivity contribution is -0.155. The fraction of sp³-hybridized carbons (Fsp3) is 0.727. The van der Waals surface area contributed by atoms with Crippen molar-refractivity contribution in [2.45, 2.75) is 19.8 Å². The number of ether oxygens (including phenoxy) is 1. The molecule has 0 aliphatic carbocycles. The first kappa shape index (κ1) is 13.5. The summed E-state index contributed by atoms with van der Waals surface area (Å²) in [6.07, 6.45) is 1.75. The van der Waals surface area contributed by atoms with Gasteiger partial charge in [0.05, 0.1) is 13.2 Å². The zero-order valence-electron chi connectivity index (χ0n) is 10.3. The first-order valence-corrected chi connectivity index (χ1v) is 5.72. The Morgan fingerprint density at radius 2 is 2.00 bits per heavy atom. The third-order valence-electron chi connectivity index (χ3n) is 2.56. The lowest BCUT2D eigenvalue weighted by Crippen LogP contribution is -2.53. The van der Waals surface area contributed by atoms with Gasteiger partial charge >= 0.3 is 5.97 Å². The molecule has 0 radical (unpaired) electrons. The number of unbranched alkanes of at least 4 members (excludes halogenated alkanes) is 1. The lowest BCUT2D eigenvalue weighted by atomic mass is 10.3. The van der Waals surface area contributed by atoms with E-state index >= 15 is 0 Å². The number of rotatable bonds is 5. The number of esters is 1. The topological polar surface area (TPSA) is 66.9 Å². The summed E-state index contributed by atoms with van der Waals surface area (Å²) >= 11 is 0. The van der Waals surface area contributed by atoms with Crippen LogP contribution in [0, 0.1) is 0 Å². The van der Waals surface area contributed by atoms with Crippen molar-refractivity contribution in [1.82, 2.24) is 9.80 Å². The fourth-order valence-electron chi connectivity index (χ4n) is 1.44. The van der Waals surface area contributed by atoms with Crippen LogP contribution in [-0.2, 0) is 19.1 Å². The van der Waals surface area contributed by atoms with Crippen molar-refractivity contribution in [3.8, 4) is 0 Å². The van der Waals surface area contributed by atoms with Gasteiger partial charge in [-0.3, -0.25) is 14.4 Å². The smallest absolute Gasteiger partial charge is 0.325 e. The van der Waals surface area contributed by atoms with Crippen LogP contribution < -0.4 is 0 Å². The van der Waals surface area contributed by atoms with E-state index < -0.39 is 5.97 Å². The molecule has 0 aromatic carbocycles. The van der Waals surface area contributed by atoms with Gasteiger partial charge in [-0.2, -0.15) is 0 Å². The van der Waals surface area contributed by atoms with Crippen LogP contribution in [0.4, 0.5) is 0 Å². The number of likely N-dealkylation sites (N-methyl/N-ethyl adjacent to an activating group) is 1. The number of nitrogens with zero attached hydrogens (tertiary/aromatic N) is 2. The Labute approximate surface area is 101 Å². The molecule has 6 heteroatoms. The Morgan fingerprint density at radius 1 is 1.29 bits per heavy atom. The zero-order chi connectivity index (χ0) is 12.8. The molecule has 0 N–H and O–H groups in total. The summed E-state index contributed by atoms with van der Waals surface area (Å²) in [5, 5.41) is 0. The van der Waals surface area contributed by atoms with Crippen molar-refractivity contribution < 1.29 is 19.1 Å². The highest BCUT2D eigenvalue weighted by atomic mass is 16.5. The van der Waals surface area contributed by atoms with E-state index in [0.29, 0.717) is 6.61 Å². The molecule has 1 aliphatic rings. The largest absolute Gasteiger partial charge is 0.464 e. The van der Waals surface area contributed by atoms with E-state index in [1.165, 1.54) is 9.80 Å². The Hall–Kier alpha value is -1.59. The second-order valence-corrected chi connectivity index (χ2v) is 4.07. The van der Waals surface area contributed by atoms with Crippen molar-refractivity contribution in [2.24, 2.45) is 0 Å². The molecule has 1 fully saturated rings. The van der Waals surface area contributed by atoms with Gasteiger partial charge in [-0.15, -0.1) is 0 Å². The van der Waals surface area contributed by atoms with Crippen LogP contribution in [0.5, 0.6) is 0 Å². The minimum absolute atomic E-state index is 0.0288. The van der Waals surface area contributed by atoms with Gasteiger partial charge in [-0.1, -0.05) is 13.3 Å². The summed E-state index contributed by atoms with van der Waals surface area (Å²) < 4.78 is 4.94. The average molecular weight is 242 g/mol. The second kappa shape index (κ2) is 6.22. The molecule has 0 bridgehead atoms. The second-order valence-electron chi connectivity index (χ2n) is 4.07. The molecule has 0 aromatic rings. The molecule has 0 atom stereocenters. The Balaban J connectivity index is 2.37. The van der Waals surface area contributed by atoms with Crippen molar-refractivity contribution in [3.63, 3.8) is 0 Å². The number of amides is 2. The van der Waals surface area contributed by atoms with Crippen molar-refractivity contribution in [3.05, 3.63) is 0 Å². The van der Waals surface area contributed by atoms with E-state index in [1.807, 2.05) is 6.92 Å². The molecule has 0 aromatic heterocycles. The quantitative estimate of drug-likeness (QED) is 0.487. The minimum atomic E-state index is -0.454. The van der Waals surface area contributed by atoms with Crippen LogP contribution in [0.1, 0.15) is 19.8 Å². The molecule has 1 heterocycles. The van der Waals surface area contributed by atoms with Gasteiger partial charge in [0, 0.05) is 7.05 Å². The lowest BCUT2D eigenvalue weighted by Gasteiger charge is -2.30. The first-order chi connectivity index (χ1) is 8.04. The number of carbonyl (C=O) groups is 3. The molecule has 2 amide bonds. The molecule has 1 aliphatic heterocycles. The van der Waals surface area contributed by atoms with Crippen LogP contribution in [0.15, 0.2) is 0 Å². The van der Waals surface area contributed by atoms with Gasteiger partial charge in [-0.25, -0.2) is 0 Å². The molecule has 0 spiro atoms. The summed E-state index contributed by atoms with van der Waals surface area (Å²) in [5.74, 6) is -0.838. The number of hydrogen-bond acceptors (Lipinski definition) is 4. The van der Waals surface area contributed by atoms with E-state index in [4.69, 9.17) is 4.74 Å². The highest BCUT2D eigenvalue weighted by Gasteiger charge is 2.28. The van der Waals surface area contributed by atoms with E-state index in [-0.39, 0.29) is 31.4 Å². The van der Waals surface area contributed by atoms with Crippen LogP contribution >= 0.6 is 0 Å². The van der Waals surface area contributed by atoms with Gasteiger partial charge in [0.2, 0.25) is 11.8 Å². The predicted molar refractivity (Wildman–Crippen MR) is 60.1 cm³/mol. The van der Waals surface area contributed by atoms with Crippen molar-refractivity contribution in [2.75, 3.05) is 33.3 Å². The molecule has 96 valence electrons. The average Bonchev–Trinajstić information content (AvgIpc) is 2.26. The number of carbonyl (C=O) groups excluding carboxylic acids is 3. The summed E-state index contributed by atoms with van der Waals surface area (Å²) in [6.45, 7) is 2.21. The van der Waals surface area contributed by atoms with Gasteiger partial charge in [0.15, 0.2) is 0 Å². The Morgan fingerprint density at radius 3 is 2.65 bits per heavy atom. The maximum absolute atomic E-state index is 11.5. The third kappa shape index (κ3) is 4.05. The van der Waals surface area contributed by atoms with E-state index in [2.05, 4.69) is 0 Å². The zero-order valence-corrected chi connectivity index (χ0v) is 10.3. The van der Waals surface area contributed by atoms with Crippen LogP contribution in [0.25, 0.3) is 0 Å². The monoisotopic (exact) mass is 242 g/mol. The molecule has 0 saturated carbocycles. The van der Waals surface area contributed by atoms with Crippen molar-refractivity contribution in [1.29, 1.82) is 0 Å². The fourth-order valence-corrected chi connectivity index (χ4v) is 1.44. The number of piperazine rings is 1. The summed E-state index contributed by atoms with van der Waals surface area (Å²) in [5.41, 5.74) is 0. The van der Waals surface area contributed by atoms with Crippen LogP contribution in [0.3, 0.4) is 0 Å². The number of hydrogen-bond donors (Lipinski definition) is 0. The first-order valence-electron chi connectivity index (χ1n) is 5.72. The maximum atomic E-state index is 11.5. The molecular weight excluding hydrogens is 224 g/mol. The van der Waals surface area contributed by atoms with Gasteiger partial charge in [0.25, 0.3) is 0 Å². The van der Waals surface area contributed by atoms with Crippen LogP contribution in [-0.4, -0.2) is 60.9 Å². The predicted octanol–water partition coefficient (Wildman–Crippen LogP) is -0.370. The highest BCUT2D eigenvalue weighted by Crippen LogP contribution is 2.03. The Bertz CT molecular complexity index is 317. The third-order valence-corrected chi connectivity index (χ3v) is 2.56. The van der Waals surface area contributed by atoms with Gasteiger partial charge in [0.1, 0.15) is 13.1 Å². The minimum Gasteiger partial charge on any atom is -0.464 e. The SMILES string of the molecule is CCCCOC(=O)CN1CC(=O)N(C)CC1=O. The van der Waals surface area contributed by atoms with Crippen molar-refractivity contribution >= 4 is 17.8 Å². The van der Waals surface area contributed by atoms with E-state index in [9.17, 15) is 14.4 Å². The standard InChI is InChI=1S/C11H18N2O4/c1-3-4-5-17-11(16)8-13-7-9(14)12(2)6-10(13)15/h3-8H2,1-2H3. The van der Waals surface area contributed by atoms with E-state index in [1.54, 1.807) is 7.05 Å². The molecule has 0 unspecified atom stereocenters. The molecular formula is C11H18N2O4. The Kier molecular flexibility index (Phi) is 4.93. The summed E-state index contributed by atoms with van der Waals surface area (Å²) in [4.78, 5) is 36.9. The van der Waals surface area contributed by atoms with Crippen LogP contribution in [0.2, 0.25) is 0 Å². The van der Waals surface area contributed by atoms with Gasteiger partial charge in [-0.05, 0) is 6.42 Å². The highest BCUT2D eigenvalue weighted by molar-refractivity contribution is 5.94. The normalized spacial score (nSPS) is 16.4. The molecule has 1 rings (SSSR count). The maximum Gasteiger partial charge on any atom is 0.325 e.